The molecule has 31 heavy (non-hydrogen) atoms. The molecule has 1 aliphatic carbocycles. The Morgan fingerprint density at radius 2 is 1.94 bits per heavy atom. The molecule has 1 saturated carbocycles. The van der Waals surface area contributed by atoms with Crippen LogP contribution in [0.2, 0.25) is 10.0 Å². The van der Waals surface area contributed by atoms with Crippen LogP contribution in [0.3, 0.4) is 0 Å². The highest BCUT2D eigenvalue weighted by Gasteiger charge is 2.66. The Bertz CT molecular complexity index is 1010. The minimum absolute atomic E-state index is 0.0240. The number of likely N-dealkylation sites (tertiary alicyclic amines) is 1. The van der Waals surface area contributed by atoms with E-state index in [0.29, 0.717) is 22.4 Å². The third kappa shape index (κ3) is 3.38. The van der Waals surface area contributed by atoms with Crippen LogP contribution in [0.25, 0.3) is 0 Å². The fourth-order valence-electron chi connectivity index (χ4n) is 5.70. The molecule has 2 fully saturated rings. The van der Waals surface area contributed by atoms with Gasteiger partial charge in [0.25, 0.3) is 0 Å². The van der Waals surface area contributed by atoms with Crippen molar-refractivity contribution < 1.29 is 9.90 Å². The van der Waals surface area contributed by atoms with Crippen molar-refractivity contribution in [2.24, 2.45) is 11.7 Å². The van der Waals surface area contributed by atoms with Crippen molar-refractivity contribution in [1.82, 2.24) is 4.90 Å². The molecule has 0 aromatic heterocycles. The lowest BCUT2D eigenvalue weighted by atomic mass is 9.74. The molecular formula is C24H27Cl2N3O2. The summed E-state index contributed by atoms with van der Waals surface area (Å²) in [6, 6.07) is 13.0. The predicted molar refractivity (Wildman–Crippen MR) is 123 cm³/mol. The van der Waals surface area contributed by atoms with E-state index in [-0.39, 0.29) is 30.5 Å². The maximum Gasteiger partial charge on any atom is 0.250 e. The first-order valence-electron chi connectivity index (χ1n) is 11.0. The van der Waals surface area contributed by atoms with E-state index >= 15 is 0 Å². The lowest BCUT2D eigenvalue weighted by molar-refractivity contribution is -0.128. The molecule has 1 spiro atoms. The zero-order chi connectivity index (χ0) is 21.8. The first-order valence-corrected chi connectivity index (χ1v) is 11.7. The second-order valence-corrected chi connectivity index (χ2v) is 9.92. The van der Waals surface area contributed by atoms with Crippen LogP contribution < -0.4 is 11.1 Å². The first kappa shape index (κ1) is 21.2. The second kappa shape index (κ2) is 8.05. The van der Waals surface area contributed by atoms with Gasteiger partial charge in [-0.25, -0.2) is 0 Å². The highest BCUT2D eigenvalue weighted by Crippen LogP contribution is 2.58. The molecule has 2 heterocycles. The number of hydrogen-bond acceptors (Lipinski definition) is 4. The average Bonchev–Trinajstić information content (AvgIpc) is 3.46. The minimum Gasteiger partial charge on any atom is -0.396 e. The average molecular weight is 460 g/mol. The summed E-state index contributed by atoms with van der Waals surface area (Å²) in [4.78, 5) is 16.2. The van der Waals surface area contributed by atoms with Crippen molar-refractivity contribution in [3.8, 4) is 0 Å². The van der Waals surface area contributed by atoms with Crippen molar-refractivity contribution in [3.05, 3.63) is 63.6 Å². The Balaban J connectivity index is 1.73. The number of carbonyl (C=O) groups excluding carboxylic acids is 1. The number of rotatable bonds is 6. The van der Waals surface area contributed by atoms with Crippen LogP contribution in [-0.4, -0.2) is 41.1 Å². The Morgan fingerprint density at radius 3 is 2.65 bits per heavy atom. The number of aliphatic hydroxyl groups is 1. The van der Waals surface area contributed by atoms with E-state index in [1.54, 1.807) is 0 Å². The van der Waals surface area contributed by atoms with Crippen LogP contribution in [0.15, 0.2) is 42.5 Å². The topological polar surface area (TPSA) is 78.6 Å². The van der Waals surface area contributed by atoms with Gasteiger partial charge >= 0.3 is 0 Å². The molecule has 0 bridgehead atoms. The summed E-state index contributed by atoms with van der Waals surface area (Å²) in [6.45, 7) is 0.921. The SMILES string of the molecule is N[C@@H]1[C@H](CCCO)N(CC2CC2)[C@@]2(C(=O)Nc3cc(Cl)ccc32)[C@H]1c1cccc(Cl)c1. The van der Waals surface area contributed by atoms with Gasteiger partial charge in [-0.2, -0.15) is 0 Å². The van der Waals surface area contributed by atoms with Gasteiger partial charge in [-0.1, -0.05) is 41.4 Å². The van der Waals surface area contributed by atoms with Gasteiger partial charge in [-0.05, 0) is 61.4 Å². The number of amides is 1. The van der Waals surface area contributed by atoms with Crippen molar-refractivity contribution in [1.29, 1.82) is 0 Å². The van der Waals surface area contributed by atoms with Gasteiger partial charge < -0.3 is 16.2 Å². The van der Waals surface area contributed by atoms with E-state index in [9.17, 15) is 9.90 Å². The summed E-state index contributed by atoms with van der Waals surface area (Å²) in [7, 11) is 0. The van der Waals surface area contributed by atoms with Crippen LogP contribution in [0.4, 0.5) is 5.69 Å². The van der Waals surface area contributed by atoms with E-state index in [1.165, 1.54) is 12.8 Å². The molecule has 5 rings (SSSR count). The minimum atomic E-state index is -0.924. The number of aliphatic hydroxyl groups excluding tert-OH is 1. The molecular weight excluding hydrogens is 433 g/mol. The highest BCUT2D eigenvalue weighted by atomic mass is 35.5. The third-order valence-corrected chi connectivity index (χ3v) is 7.61. The number of anilines is 1. The van der Waals surface area contributed by atoms with Crippen LogP contribution in [0.5, 0.6) is 0 Å². The van der Waals surface area contributed by atoms with Gasteiger partial charge in [0.15, 0.2) is 0 Å². The van der Waals surface area contributed by atoms with E-state index in [0.717, 1.165) is 29.8 Å². The largest absolute Gasteiger partial charge is 0.396 e. The molecule has 1 amide bonds. The maximum atomic E-state index is 13.9. The zero-order valence-electron chi connectivity index (χ0n) is 17.2. The monoisotopic (exact) mass is 459 g/mol. The fourth-order valence-corrected chi connectivity index (χ4v) is 6.08. The lowest BCUT2D eigenvalue weighted by Gasteiger charge is -2.40. The number of nitrogens with zero attached hydrogens (tertiary/aromatic N) is 1. The number of nitrogens with two attached hydrogens (primary N) is 1. The number of fused-ring (bicyclic) bond motifs is 2. The molecule has 4 atom stereocenters. The lowest BCUT2D eigenvalue weighted by Crippen LogP contribution is -2.52. The van der Waals surface area contributed by atoms with Gasteiger partial charge in [0.2, 0.25) is 5.91 Å². The van der Waals surface area contributed by atoms with Crippen LogP contribution in [0.1, 0.15) is 42.7 Å². The van der Waals surface area contributed by atoms with Crippen molar-refractivity contribution in [3.63, 3.8) is 0 Å². The van der Waals surface area contributed by atoms with E-state index < -0.39 is 5.54 Å². The van der Waals surface area contributed by atoms with E-state index in [1.807, 2.05) is 42.5 Å². The summed E-state index contributed by atoms with van der Waals surface area (Å²) >= 11 is 12.6. The molecule has 7 heteroatoms. The Morgan fingerprint density at radius 1 is 1.16 bits per heavy atom. The van der Waals surface area contributed by atoms with Gasteiger partial charge in [0.1, 0.15) is 5.54 Å². The summed E-state index contributed by atoms with van der Waals surface area (Å²) in [5.74, 6) is 0.247. The fraction of sp³-hybridized carbons (Fsp3) is 0.458. The molecule has 164 valence electrons. The second-order valence-electron chi connectivity index (χ2n) is 9.05. The van der Waals surface area contributed by atoms with Gasteiger partial charge in [-0.15, -0.1) is 0 Å². The van der Waals surface area contributed by atoms with E-state index in [4.69, 9.17) is 28.9 Å². The number of carbonyl (C=O) groups is 1. The Hall–Kier alpha value is -1.63. The van der Waals surface area contributed by atoms with Crippen molar-refractivity contribution in [2.75, 3.05) is 18.5 Å². The molecule has 4 N–H and O–H groups in total. The zero-order valence-corrected chi connectivity index (χ0v) is 18.7. The van der Waals surface area contributed by atoms with Crippen molar-refractivity contribution >= 4 is 34.8 Å². The predicted octanol–water partition coefficient (Wildman–Crippen LogP) is 4.12. The van der Waals surface area contributed by atoms with Crippen LogP contribution in [0, 0.1) is 5.92 Å². The quantitative estimate of drug-likeness (QED) is 0.606. The molecule has 5 nitrogen and oxygen atoms in total. The van der Waals surface area contributed by atoms with Crippen LogP contribution >= 0.6 is 23.2 Å². The number of nitrogens with one attached hydrogen (secondary N) is 1. The summed E-state index contributed by atoms with van der Waals surface area (Å²) in [6.07, 6.45) is 3.73. The third-order valence-electron chi connectivity index (χ3n) is 7.14. The van der Waals surface area contributed by atoms with Gasteiger partial charge in [0.05, 0.1) is 0 Å². The molecule has 2 aromatic rings. The Kier molecular flexibility index (Phi) is 5.51. The molecule has 3 aliphatic rings. The highest BCUT2D eigenvalue weighted by molar-refractivity contribution is 6.31. The van der Waals surface area contributed by atoms with Crippen LogP contribution in [-0.2, 0) is 10.3 Å². The molecule has 0 unspecified atom stereocenters. The molecule has 2 aliphatic heterocycles. The number of halogens is 2. The van der Waals surface area contributed by atoms with E-state index in [2.05, 4.69) is 10.2 Å². The summed E-state index contributed by atoms with van der Waals surface area (Å²) < 4.78 is 0. The Labute approximate surface area is 192 Å². The summed E-state index contributed by atoms with van der Waals surface area (Å²) in [5.41, 5.74) is 8.68. The van der Waals surface area contributed by atoms with Gasteiger partial charge in [-0.3, -0.25) is 9.69 Å². The molecule has 2 aromatic carbocycles. The first-order chi connectivity index (χ1) is 15.0. The standard InChI is InChI=1S/C24H27Cl2N3O2/c25-16-4-1-3-15(11-16)21-22(27)20(5-2-10-30)29(13-14-6-7-14)24(21)18-9-8-17(26)12-19(18)28-23(24)31/h1,3-4,8-9,11-12,14,20-22,30H,2,5-7,10,13,27H2,(H,28,31)/t20-,21-,22+,24+/m0/s1. The molecule has 1 saturated heterocycles. The number of hydrogen-bond donors (Lipinski definition) is 3. The summed E-state index contributed by atoms with van der Waals surface area (Å²) in [5, 5.41) is 13.9. The normalized spacial score (nSPS) is 30.1. The smallest absolute Gasteiger partial charge is 0.250 e. The maximum absolute atomic E-state index is 13.9. The van der Waals surface area contributed by atoms with Gasteiger partial charge in [0, 0.05) is 52.4 Å². The molecule has 0 radical (unpaired) electrons. The number of benzene rings is 2. The van der Waals surface area contributed by atoms with Crippen molar-refractivity contribution in [2.45, 2.75) is 49.2 Å².